The first-order valence-corrected chi connectivity index (χ1v) is 9.28. The van der Waals surface area contributed by atoms with Crippen LogP contribution in [0.1, 0.15) is 51.5 Å². The highest BCUT2D eigenvalue weighted by atomic mass is 32.2. The van der Waals surface area contributed by atoms with Crippen molar-refractivity contribution in [1.29, 1.82) is 0 Å². The number of carbonyl (C=O) groups is 2. The van der Waals surface area contributed by atoms with Gasteiger partial charge in [0.1, 0.15) is 17.2 Å². The van der Waals surface area contributed by atoms with Crippen LogP contribution in [0.4, 0.5) is 4.39 Å². The minimum absolute atomic E-state index is 0.0641. The van der Waals surface area contributed by atoms with E-state index in [-0.39, 0.29) is 28.5 Å². The summed E-state index contributed by atoms with van der Waals surface area (Å²) in [5.41, 5.74) is 0.355. The minimum atomic E-state index is -0.526. The molecule has 2 amide bonds. The van der Waals surface area contributed by atoms with E-state index in [1.807, 2.05) is 27.7 Å². The SMILES string of the molecule is CCCC(=O)N1C(C(=O)NC(C)(C)C)CSC1c1cccc(F)c1. The number of rotatable bonds is 4. The zero-order chi connectivity index (χ0) is 17.9. The molecule has 2 rings (SSSR count). The lowest BCUT2D eigenvalue weighted by atomic mass is 10.1. The summed E-state index contributed by atoms with van der Waals surface area (Å²) in [6.07, 6.45) is 1.09. The second-order valence-corrected chi connectivity index (χ2v) is 8.16. The molecule has 0 aliphatic carbocycles. The second-order valence-electron chi connectivity index (χ2n) is 7.05. The summed E-state index contributed by atoms with van der Waals surface area (Å²) in [5.74, 6) is -0.0406. The van der Waals surface area contributed by atoms with Gasteiger partial charge in [-0.15, -0.1) is 11.8 Å². The highest BCUT2D eigenvalue weighted by Crippen LogP contribution is 2.42. The summed E-state index contributed by atoms with van der Waals surface area (Å²) in [5, 5.41) is 2.63. The van der Waals surface area contributed by atoms with E-state index in [2.05, 4.69) is 5.32 Å². The van der Waals surface area contributed by atoms with Gasteiger partial charge in [-0.2, -0.15) is 0 Å². The standard InChI is InChI=1S/C18H25FN2O2S/c1-5-7-15(22)21-14(16(23)20-18(2,3)4)11-24-17(21)12-8-6-9-13(19)10-12/h6,8-10,14,17H,5,7,11H2,1-4H3,(H,20,23). The molecule has 1 N–H and O–H groups in total. The quantitative estimate of drug-likeness (QED) is 0.902. The monoisotopic (exact) mass is 352 g/mol. The molecule has 0 radical (unpaired) electrons. The molecule has 2 unspecified atom stereocenters. The molecule has 1 heterocycles. The van der Waals surface area contributed by atoms with Crippen molar-refractivity contribution in [3.63, 3.8) is 0 Å². The summed E-state index contributed by atoms with van der Waals surface area (Å²) in [4.78, 5) is 26.9. The molecule has 0 spiro atoms. The Balaban J connectivity index is 2.29. The molecule has 132 valence electrons. The van der Waals surface area contributed by atoms with E-state index >= 15 is 0 Å². The Morgan fingerprint density at radius 1 is 1.38 bits per heavy atom. The molecule has 24 heavy (non-hydrogen) atoms. The largest absolute Gasteiger partial charge is 0.350 e. The van der Waals surface area contributed by atoms with E-state index in [1.165, 1.54) is 23.9 Å². The van der Waals surface area contributed by atoms with Gasteiger partial charge in [-0.05, 0) is 44.9 Å². The van der Waals surface area contributed by atoms with E-state index in [4.69, 9.17) is 0 Å². The van der Waals surface area contributed by atoms with Gasteiger partial charge in [0, 0.05) is 17.7 Å². The van der Waals surface area contributed by atoms with E-state index in [1.54, 1.807) is 17.0 Å². The average Bonchev–Trinajstić information content (AvgIpc) is 2.90. The van der Waals surface area contributed by atoms with Crippen LogP contribution in [0.2, 0.25) is 0 Å². The Morgan fingerprint density at radius 2 is 2.08 bits per heavy atom. The van der Waals surface area contributed by atoms with Gasteiger partial charge in [0.2, 0.25) is 11.8 Å². The minimum Gasteiger partial charge on any atom is -0.350 e. The summed E-state index contributed by atoms with van der Waals surface area (Å²) < 4.78 is 13.6. The Hall–Kier alpha value is -1.56. The van der Waals surface area contributed by atoms with Gasteiger partial charge in [0.25, 0.3) is 0 Å². The number of nitrogens with one attached hydrogen (secondary N) is 1. The van der Waals surface area contributed by atoms with Crippen LogP contribution in [-0.4, -0.2) is 34.0 Å². The van der Waals surface area contributed by atoms with Crippen LogP contribution in [0.25, 0.3) is 0 Å². The van der Waals surface area contributed by atoms with Crippen LogP contribution in [0.3, 0.4) is 0 Å². The van der Waals surface area contributed by atoms with Crippen LogP contribution in [0.15, 0.2) is 24.3 Å². The van der Waals surface area contributed by atoms with Crippen molar-refractivity contribution in [2.75, 3.05) is 5.75 Å². The number of amides is 2. The summed E-state index contributed by atoms with van der Waals surface area (Å²) >= 11 is 1.51. The molecule has 1 aromatic rings. The molecule has 2 atom stereocenters. The summed E-state index contributed by atoms with van der Waals surface area (Å²) in [6, 6.07) is 5.73. The maximum Gasteiger partial charge on any atom is 0.244 e. The smallest absolute Gasteiger partial charge is 0.244 e. The number of hydrogen-bond donors (Lipinski definition) is 1. The Labute approximate surface area is 147 Å². The van der Waals surface area contributed by atoms with Crippen LogP contribution in [-0.2, 0) is 9.59 Å². The number of nitrogens with zero attached hydrogens (tertiary/aromatic N) is 1. The molecular weight excluding hydrogens is 327 g/mol. The van der Waals surface area contributed by atoms with Crippen LogP contribution < -0.4 is 5.32 Å². The third-order valence-electron chi connectivity index (χ3n) is 3.69. The summed E-state index contributed by atoms with van der Waals surface area (Å²) in [6.45, 7) is 7.67. The topological polar surface area (TPSA) is 49.4 Å². The molecule has 1 aliphatic rings. The van der Waals surface area contributed by atoms with Crippen molar-refractivity contribution in [2.45, 2.75) is 57.5 Å². The van der Waals surface area contributed by atoms with Gasteiger partial charge >= 0.3 is 0 Å². The third-order valence-corrected chi connectivity index (χ3v) is 5.01. The van der Waals surface area contributed by atoms with Gasteiger partial charge in [0.15, 0.2) is 0 Å². The van der Waals surface area contributed by atoms with Crippen molar-refractivity contribution in [1.82, 2.24) is 10.2 Å². The molecule has 1 saturated heterocycles. The fourth-order valence-electron chi connectivity index (χ4n) is 2.73. The fraction of sp³-hybridized carbons (Fsp3) is 0.556. The zero-order valence-corrected chi connectivity index (χ0v) is 15.5. The Morgan fingerprint density at radius 3 is 2.67 bits per heavy atom. The molecule has 0 saturated carbocycles. The predicted molar refractivity (Wildman–Crippen MR) is 95.0 cm³/mol. The lowest BCUT2D eigenvalue weighted by Crippen LogP contribution is -2.52. The number of halogens is 1. The van der Waals surface area contributed by atoms with Crippen molar-refractivity contribution in [3.05, 3.63) is 35.6 Å². The van der Waals surface area contributed by atoms with Gasteiger partial charge < -0.3 is 10.2 Å². The first kappa shape index (κ1) is 18.8. The van der Waals surface area contributed by atoms with Crippen molar-refractivity contribution >= 4 is 23.6 Å². The number of benzene rings is 1. The molecule has 4 nitrogen and oxygen atoms in total. The number of hydrogen-bond acceptors (Lipinski definition) is 3. The van der Waals surface area contributed by atoms with E-state index < -0.39 is 6.04 Å². The van der Waals surface area contributed by atoms with Gasteiger partial charge in [-0.1, -0.05) is 19.1 Å². The van der Waals surface area contributed by atoms with Gasteiger partial charge in [-0.3, -0.25) is 9.59 Å². The lowest BCUT2D eigenvalue weighted by molar-refractivity contribution is -0.140. The molecule has 0 bridgehead atoms. The molecule has 1 aliphatic heterocycles. The molecular formula is C18H25FN2O2S. The number of carbonyl (C=O) groups excluding carboxylic acids is 2. The fourth-order valence-corrected chi connectivity index (χ4v) is 4.17. The third kappa shape index (κ3) is 4.50. The predicted octanol–water partition coefficient (Wildman–Crippen LogP) is 3.48. The summed E-state index contributed by atoms with van der Waals surface area (Å²) in [7, 11) is 0. The van der Waals surface area contributed by atoms with Crippen LogP contribution in [0, 0.1) is 5.82 Å². The molecule has 1 aromatic carbocycles. The highest BCUT2D eigenvalue weighted by Gasteiger charge is 2.42. The van der Waals surface area contributed by atoms with E-state index in [0.717, 1.165) is 5.56 Å². The van der Waals surface area contributed by atoms with Crippen molar-refractivity contribution in [2.24, 2.45) is 0 Å². The van der Waals surface area contributed by atoms with Crippen LogP contribution in [0.5, 0.6) is 0 Å². The van der Waals surface area contributed by atoms with Crippen molar-refractivity contribution < 1.29 is 14.0 Å². The second kappa shape index (κ2) is 7.55. The molecule has 0 aromatic heterocycles. The van der Waals surface area contributed by atoms with Crippen LogP contribution >= 0.6 is 11.8 Å². The van der Waals surface area contributed by atoms with E-state index in [9.17, 15) is 14.0 Å². The Bertz CT molecular complexity index is 615. The van der Waals surface area contributed by atoms with Gasteiger partial charge in [-0.25, -0.2) is 4.39 Å². The van der Waals surface area contributed by atoms with Crippen molar-refractivity contribution in [3.8, 4) is 0 Å². The first-order chi connectivity index (χ1) is 11.2. The zero-order valence-electron chi connectivity index (χ0n) is 14.6. The van der Waals surface area contributed by atoms with Gasteiger partial charge in [0.05, 0.1) is 0 Å². The number of thioether (sulfide) groups is 1. The molecule has 6 heteroatoms. The molecule has 1 fully saturated rings. The highest BCUT2D eigenvalue weighted by molar-refractivity contribution is 7.99. The Kier molecular flexibility index (Phi) is 5.91. The lowest BCUT2D eigenvalue weighted by Gasteiger charge is -2.31. The average molecular weight is 352 g/mol. The normalized spacial score (nSPS) is 21.0. The van der Waals surface area contributed by atoms with E-state index in [0.29, 0.717) is 18.6 Å². The maximum atomic E-state index is 13.6. The first-order valence-electron chi connectivity index (χ1n) is 8.23. The maximum absolute atomic E-state index is 13.6.